The molecule has 21 heavy (non-hydrogen) atoms. The lowest BCUT2D eigenvalue weighted by molar-refractivity contribution is -0.137. The average Bonchev–Trinajstić information content (AvgIpc) is 2.33. The Balaban J connectivity index is 3.68. The molecular weight excluding hydrogens is 293 g/mol. The zero-order chi connectivity index (χ0) is 16.4. The SMILES string of the molecule is CC(=O)NC(=NO)c1c(C(F)(F)F)ccc(C(=O)O)c1C. The molecule has 1 rings (SSSR count). The predicted molar refractivity (Wildman–Crippen MR) is 65.3 cm³/mol. The lowest BCUT2D eigenvalue weighted by atomic mass is 9.95. The Morgan fingerprint density at radius 3 is 2.24 bits per heavy atom. The molecule has 0 atom stereocenters. The van der Waals surface area contributed by atoms with Crippen molar-refractivity contribution in [2.75, 3.05) is 0 Å². The van der Waals surface area contributed by atoms with Crippen LogP contribution in [0.4, 0.5) is 13.2 Å². The molecule has 114 valence electrons. The van der Waals surface area contributed by atoms with E-state index in [0.717, 1.165) is 19.9 Å². The molecule has 1 aromatic carbocycles. The molecule has 0 saturated heterocycles. The van der Waals surface area contributed by atoms with E-state index in [1.807, 2.05) is 5.32 Å². The molecule has 1 aromatic rings. The van der Waals surface area contributed by atoms with Gasteiger partial charge in [0.25, 0.3) is 0 Å². The number of carboxylic acid groups (broad SMARTS) is 1. The third-order valence-corrected chi connectivity index (χ3v) is 2.63. The first-order valence-corrected chi connectivity index (χ1v) is 5.53. The van der Waals surface area contributed by atoms with Gasteiger partial charge in [-0.3, -0.25) is 4.79 Å². The number of amides is 1. The Labute approximate surface area is 116 Å². The third-order valence-electron chi connectivity index (χ3n) is 2.63. The van der Waals surface area contributed by atoms with E-state index in [1.54, 1.807) is 0 Å². The van der Waals surface area contributed by atoms with Gasteiger partial charge in [-0.1, -0.05) is 5.16 Å². The molecule has 0 spiro atoms. The first kappa shape index (κ1) is 16.5. The van der Waals surface area contributed by atoms with Crippen molar-refractivity contribution in [1.29, 1.82) is 0 Å². The van der Waals surface area contributed by atoms with Crippen LogP contribution in [0.15, 0.2) is 17.3 Å². The molecule has 0 saturated carbocycles. The summed E-state index contributed by atoms with van der Waals surface area (Å²) in [6, 6.07) is 1.35. The van der Waals surface area contributed by atoms with Crippen molar-refractivity contribution in [3.8, 4) is 0 Å². The molecule has 9 heteroatoms. The van der Waals surface area contributed by atoms with Gasteiger partial charge in [-0.25, -0.2) is 4.79 Å². The minimum absolute atomic E-state index is 0.279. The maximum atomic E-state index is 13.0. The largest absolute Gasteiger partial charge is 0.478 e. The first-order chi connectivity index (χ1) is 9.59. The molecular formula is C12H11F3N2O4. The van der Waals surface area contributed by atoms with Gasteiger partial charge < -0.3 is 15.6 Å². The van der Waals surface area contributed by atoms with Crippen molar-refractivity contribution in [3.63, 3.8) is 0 Å². The lowest BCUT2D eigenvalue weighted by Gasteiger charge is -2.17. The standard InChI is InChI=1S/C12H11F3N2O4/c1-5-7(11(19)20)3-4-8(12(13,14)15)9(5)10(17-21)16-6(2)18/h3-4,21H,1-2H3,(H,19,20)(H,16,17,18). The second-order valence-corrected chi connectivity index (χ2v) is 4.09. The van der Waals surface area contributed by atoms with E-state index in [9.17, 15) is 22.8 Å². The van der Waals surface area contributed by atoms with Gasteiger partial charge in [0.05, 0.1) is 11.1 Å². The van der Waals surface area contributed by atoms with Gasteiger partial charge in [0.15, 0.2) is 5.84 Å². The molecule has 0 aromatic heterocycles. The van der Waals surface area contributed by atoms with Crippen LogP contribution in [-0.2, 0) is 11.0 Å². The number of aromatic carboxylic acids is 1. The van der Waals surface area contributed by atoms with Crippen LogP contribution in [0.3, 0.4) is 0 Å². The first-order valence-electron chi connectivity index (χ1n) is 5.53. The number of hydrogen-bond acceptors (Lipinski definition) is 4. The molecule has 0 bridgehead atoms. The molecule has 0 fully saturated rings. The second kappa shape index (κ2) is 5.81. The van der Waals surface area contributed by atoms with E-state index in [0.29, 0.717) is 6.07 Å². The average molecular weight is 304 g/mol. The molecule has 3 N–H and O–H groups in total. The Kier molecular flexibility index (Phi) is 4.56. The van der Waals surface area contributed by atoms with Crippen LogP contribution < -0.4 is 5.32 Å². The topological polar surface area (TPSA) is 99.0 Å². The van der Waals surface area contributed by atoms with Gasteiger partial charge in [0.1, 0.15) is 0 Å². The van der Waals surface area contributed by atoms with E-state index in [4.69, 9.17) is 10.3 Å². The number of amidine groups is 1. The number of oxime groups is 1. The highest BCUT2D eigenvalue weighted by molar-refractivity contribution is 6.10. The summed E-state index contributed by atoms with van der Waals surface area (Å²) in [7, 11) is 0. The summed E-state index contributed by atoms with van der Waals surface area (Å²) in [4.78, 5) is 22.0. The van der Waals surface area contributed by atoms with Crippen LogP contribution in [0, 0.1) is 6.92 Å². The normalized spacial score (nSPS) is 12.1. The molecule has 0 aliphatic heterocycles. The molecule has 0 radical (unpaired) electrons. The van der Waals surface area contributed by atoms with Crippen molar-refractivity contribution in [3.05, 3.63) is 34.4 Å². The number of nitrogens with zero attached hydrogens (tertiary/aromatic N) is 1. The van der Waals surface area contributed by atoms with Gasteiger partial charge in [0, 0.05) is 12.5 Å². The number of halogens is 3. The number of alkyl halides is 3. The van der Waals surface area contributed by atoms with Crippen LogP contribution in [-0.4, -0.2) is 28.0 Å². The minimum Gasteiger partial charge on any atom is -0.478 e. The lowest BCUT2D eigenvalue weighted by Crippen LogP contribution is -2.32. The quantitative estimate of drug-likeness (QED) is 0.337. The van der Waals surface area contributed by atoms with Crippen molar-refractivity contribution in [1.82, 2.24) is 5.32 Å². The van der Waals surface area contributed by atoms with E-state index in [-0.39, 0.29) is 5.56 Å². The van der Waals surface area contributed by atoms with E-state index in [1.165, 1.54) is 0 Å². The summed E-state index contributed by atoms with van der Waals surface area (Å²) in [6.07, 6.45) is -4.81. The molecule has 6 nitrogen and oxygen atoms in total. The van der Waals surface area contributed by atoms with Crippen LogP contribution in [0.25, 0.3) is 0 Å². The Morgan fingerprint density at radius 1 is 1.29 bits per heavy atom. The van der Waals surface area contributed by atoms with Crippen LogP contribution in [0.1, 0.15) is 34.0 Å². The van der Waals surface area contributed by atoms with E-state index >= 15 is 0 Å². The smallest absolute Gasteiger partial charge is 0.417 e. The van der Waals surface area contributed by atoms with Crippen LogP contribution in [0.5, 0.6) is 0 Å². The van der Waals surface area contributed by atoms with Crippen molar-refractivity contribution in [2.24, 2.45) is 5.16 Å². The number of rotatable bonds is 2. The van der Waals surface area contributed by atoms with Gasteiger partial charge in [-0.05, 0) is 24.6 Å². The maximum absolute atomic E-state index is 13.0. The fourth-order valence-corrected chi connectivity index (χ4v) is 1.79. The summed E-state index contributed by atoms with van der Waals surface area (Å²) >= 11 is 0. The van der Waals surface area contributed by atoms with Crippen molar-refractivity contribution < 1.29 is 33.1 Å². The molecule has 0 aliphatic rings. The van der Waals surface area contributed by atoms with Gasteiger partial charge in [-0.2, -0.15) is 13.2 Å². The van der Waals surface area contributed by atoms with Gasteiger partial charge in [-0.15, -0.1) is 0 Å². The Hall–Kier alpha value is -2.58. The number of carbonyl (C=O) groups is 2. The molecule has 0 aliphatic carbocycles. The molecule has 0 heterocycles. The van der Waals surface area contributed by atoms with E-state index < -0.39 is 40.6 Å². The van der Waals surface area contributed by atoms with Crippen molar-refractivity contribution >= 4 is 17.7 Å². The summed E-state index contributed by atoms with van der Waals surface area (Å²) in [5.41, 5.74) is -2.59. The number of carboxylic acids is 1. The summed E-state index contributed by atoms with van der Waals surface area (Å²) in [5.74, 6) is -2.98. The number of nitrogens with one attached hydrogen (secondary N) is 1. The number of benzene rings is 1. The highest BCUT2D eigenvalue weighted by atomic mass is 19.4. The summed E-state index contributed by atoms with van der Waals surface area (Å²) < 4.78 is 39.0. The fourth-order valence-electron chi connectivity index (χ4n) is 1.79. The van der Waals surface area contributed by atoms with Gasteiger partial charge >= 0.3 is 12.1 Å². The highest BCUT2D eigenvalue weighted by Gasteiger charge is 2.36. The summed E-state index contributed by atoms with van der Waals surface area (Å²) in [5, 5.41) is 22.3. The molecule has 1 amide bonds. The summed E-state index contributed by atoms with van der Waals surface area (Å²) in [6.45, 7) is 2.13. The number of hydrogen-bond donors (Lipinski definition) is 3. The fraction of sp³-hybridized carbons (Fsp3) is 0.250. The minimum atomic E-state index is -4.81. The molecule has 0 unspecified atom stereocenters. The Morgan fingerprint density at radius 2 is 1.86 bits per heavy atom. The highest BCUT2D eigenvalue weighted by Crippen LogP contribution is 2.34. The third kappa shape index (κ3) is 3.50. The number of carbonyl (C=O) groups excluding carboxylic acids is 1. The Bertz CT molecular complexity index is 624. The van der Waals surface area contributed by atoms with Crippen molar-refractivity contribution in [2.45, 2.75) is 20.0 Å². The second-order valence-electron chi connectivity index (χ2n) is 4.09. The zero-order valence-corrected chi connectivity index (χ0v) is 10.9. The maximum Gasteiger partial charge on any atom is 0.417 e. The predicted octanol–water partition coefficient (Wildman–Crippen LogP) is 1.98. The zero-order valence-electron chi connectivity index (χ0n) is 10.9. The van der Waals surface area contributed by atoms with E-state index in [2.05, 4.69) is 5.16 Å². The van der Waals surface area contributed by atoms with Gasteiger partial charge in [0.2, 0.25) is 5.91 Å². The van der Waals surface area contributed by atoms with Crippen LogP contribution in [0.2, 0.25) is 0 Å². The van der Waals surface area contributed by atoms with Crippen LogP contribution >= 0.6 is 0 Å². The monoisotopic (exact) mass is 304 g/mol.